The minimum Gasteiger partial charge on any atom is -0.353 e. The van der Waals surface area contributed by atoms with E-state index in [-0.39, 0.29) is 17.1 Å². The Morgan fingerprint density at radius 3 is 2.59 bits per heavy atom. The molecule has 1 saturated heterocycles. The second-order valence-electron chi connectivity index (χ2n) is 11.1. The molecule has 0 amide bonds. The Morgan fingerprint density at radius 1 is 1.05 bits per heavy atom. The van der Waals surface area contributed by atoms with Gasteiger partial charge in [-0.25, -0.2) is 9.97 Å². The Hall–Kier alpha value is -3.06. The van der Waals surface area contributed by atoms with Crippen LogP contribution in [0.1, 0.15) is 55.3 Å². The number of benzene rings is 2. The number of nitrogens with zero attached hydrogens (tertiary/aromatic N) is 3. The summed E-state index contributed by atoms with van der Waals surface area (Å²) < 4.78 is 14.2. The van der Waals surface area contributed by atoms with Gasteiger partial charge in [0.25, 0.3) is 5.56 Å². The van der Waals surface area contributed by atoms with Gasteiger partial charge in [0.05, 0.1) is 23.2 Å². The zero-order valence-corrected chi connectivity index (χ0v) is 23.3. The molecule has 3 heterocycles. The van der Waals surface area contributed by atoms with Gasteiger partial charge in [-0.1, -0.05) is 49.2 Å². The van der Waals surface area contributed by atoms with Gasteiger partial charge >= 0.3 is 0 Å². The van der Waals surface area contributed by atoms with Crippen molar-refractivity contribution >= 4 is 22.5 Å². The van der Waals surface area contributed by atoms with E-state index in [2.05, 4.69) is 35.3 Å². The number of pyridine rings is 1. The predicted octanol–water partition coefficient (Wildman–Crippen LogP) is 6.59. The summed E-state index contributed by atoms with van der Waals surface area (Å²) in [6.07, 6.45) is 8.06. The zero-order chi connectivity index (χ0) is 27.0. The minimum absolute atomic E-state index is 0.00458. The summed E-state index contributed by atoms with van der Waals surface area (Å²) in [7, 11) is 1.79. The quantitative estimate of drug-likeness (QED) is 0.235. The van der Waals surface area contributed by atoms with Crippen LogP contribution in [-0.2, 0) is 21.9 Å². The Bertz CT molecular complexity index is 1520. The van der Waals surface area contributed by atoms with E-state index >= 15 is 0 Å². The van der Waals surface area contributed by atoms with Crippen molar-refractivity contribution in [2.75, 3.05) is 13.2 Å². The van der Waals surface area contributed by atoms with Crippen LogP contribution in [0, 0.1) is 12.8 Å². The van der Waals surface area contributed by atoms with Crippen LogP contribution in [0.2, 0.25) is 5.28 Å². The average molecular weight is 544 g/mol. The Morgan fingerprint density at radius 2 is 1.87 bits per heavy atom. The smallest absolute Gasteiger partial charge is 0.253 e. The highest BCUT2D eigenvalue weighted by Gasteiger charge is 2.43. The highest BCUT2D eigenvalue weighted by molar-refractivity contribution is 6.28. The summed E-state index contributed by atoms with van der Waals surface area (Å²) in [5.41, 5.74) is 4.99. The highest BCUT2D eigenvalue weighted by atomic mass is 35.5. The molecule has 6 nitrogen and oxygen atoms in total. The first kappa shape index (κ1) is 26.2. The molecule has 1 aliphatic carbocycles. The molecule has 2 aliphatic rings. The number of ether oxygens (including phenoxy) is 2. The normalized spacial score (nSPS) is 19.2. The van der Waals surface area contributed by atoms with Crippen LogP contribution >= 0.6 is 11.6 Å². The average Bonchev–Trinajstić information content (AvgIpc) is 3.78. The number of fused-ring (bicyclic) bond motifs is 1. The maximum absolute atomic E-state index is 12.4. The number of aromatic nitrogens is 3. The van der Waals surface area contributed by atoms with Crippen LogP contribution in [0.3, 0.4) is 0 Å². The van der Waals surface area contributed by atoms with Crippen molar-refractivity contribution in [2.45, 2.75) is 57.2 Å². The molecule has 1 saturated carbocycles. The van der Waals surface area contributed by atoms with Crippen LogP contribution in [0.5, 0.6) is 0 Å². The molecule has 0 spiro atoms. The molecule has 0 bridgehead atoms. The van der Waals surface area contributed by atoms with Crippen LogP contribution < -0.4 is 5.56 Å². The molecule has 39 heavy (non-hydrogen) atoms. The maximum Gasteiger partial charge on any atom is 0.253 e. The fourth-order valence-corrected chi connectivity index (χ4v) is 6.07. The summed E-state index contributed by atoms with van der Waals surface area (Å²) in [6, 6.07) is 18.7. The Kier molecular flexibility index (Phi) is 7.27. The van der Waals surface area contributed by atoms with Crippen molar-refractivity contribution in [3.63, 3.8) is 0 Å². The van der Waals surface area contributed by atoms with Crippen molar-refractivity contribution in [1.82, 2.24) is 14.5 Å². The fourth-order valence-electron chi connectivity index (χ4n) is 5.89. The third-order valence-electron chi connectivity index (χ3n) is 8.13. The molecule has 2 atom stereocenters. The van der Waals surface area contributed by atoms with Gasteiger partial charge in [-0.05, 0) is 85.0 Å². The molecule has 1 aliphatic heterocycles. The molecule has 202 valence electrons. The molecule has 0 N–H and O–H groups in total. The summed E-state index contributed by atoms with van der Waals surface area (Å²) in [5, 5.41) is 1.18. The minimum atomic E-state index is -0.522. The van der Waals surface area contributed by atoms with Gasteiger partial charge < -0.3 is 14.0 Å². The van der Waals surface area contributed by atoms with E-state index in [4.69, 9.17) is 26.1 Å². The second kappa shape index (κ2) is 10.8. The van der Waals surface area contributed by atoms with E-state index in [0.29, 0.717) is 18.1 Å². The number of halogens is 1. The van der Waals surface area contributed by atoms with Gasteiger partial charge in [0.15, 0.2) is 6.29 Å². The van der Waals surface area contributed by atoms with Gasteiger partial charge in [-0.3, -0.25) is 4.79 Å². The lowest BCUT2D eigenvalue weighted by Gasteiger charge is -2.37. The summed E-state index contributed by atoms with van der Waals surface area (Å²) in [6.45, 7) is 3.03. The van der Waals surface area contributed by atoms with Gasteiger partial charge in [0.2, 0.25) is 5.28 Å². The van der Waals surface area contributed by atoms with E-state index < -0.39 is 5.41 Å². The molecular weight excluding hydrogens is 510 g/mol. The van der Waals surface area contributed by atoms with Crippen molar-refractivity contribution in [1.29, 1.82) is 0 Å². The van der Waals surface area contributed by atoms with Gasteiger partial charge in [-0.15, -0.1) is 0 Å². The van der Waals surface area contributed by atoms with E-state index in [9.17, 15) is 4.79 Å². The molecule has 6 rings (SSSR count). The molecule has 2 unspecified atom stereocenters. The van der Waals surface area contributed by atoms with E-state index in [0.717, 1.165) is 65.6 Å². The van der Waals surface area contributed by atoms with Crippen molar-refractivity contribution < 1.29 is 9.47 Å². The maximum atomic E-state index is 12.4. The lowest BCUT2D eigenvalue weighted by Crippen LogP contribution is -2.38. The van der Waals surface area contributed by atoms with Crippen molar-refractivity contribution in [3.05, 3.63) is 93.3 Å². The van der Waals surface area contributed by atoms with Gasteiger partial charge in [0, 0.05) is 30.8 Å². The topological polar surface area (TPSA) is 66.2 Å². The van der Waals surface area contributed by atoms with E-state index in [1.54, 1.807) is 11.6 Å². The van der Waals surface area contributed by atoms with Crippen LogP contribution in [0.25, 0.3) is 22.0 Å². The Labute approximate surface area is 234 Å². The fraction of sp³-hybridized carbons (Fsp3) is 0.406. The van der Waals surface area contributed by atoms with Crippen LogP contribution in [0.15, 0.2) is 65.6 Å². The summed E-state index contributed by atoms with van der Waals surface area (Å²) in [5.74, 6) is 0.597. The lowest BCUT2D eigenvalue weighted by atomic mass is 9.72. The zero-order valence-electron chi connectivity index (χ0n) is 22.5. The van der Waals surface area contributed by atoms with Crippen LogP contribution in [0.4, 0.5) is 0 Å². The monoisotopic (exact) mass is 543 g/mol. The first-order chi connectivity index (χ1) is 18.9. The largest absolute Gasteiger partial charge is 0.353 e. The van der Waals surface area contributed by atoms with Crippen LogP contribution in [-0.4, -0.2) is 34.0 Å². The second-order valence-corrected chi connectivity index (χ2v) is 11.4. The van der Waals surface area contributed by atoms with E-state index in [1.807, 2.05) is 37.4 Å². The van der Waals surface area contributed by atoms with Gasteiger partial charge in [-0.2, -0.15) is 0 Å². The molecule has 2 aromatic carbocycles. The number of aryl methyl sites for hydroxylation is 2. The molecule has 0 radical (unpaired) electrons. The summed E-state index contributed by atoms with van der Waals surface area (Å²) >= 11 is 6.61. The molecule has 2 aromatic heterocycles. The third-order valence-corrected chi connectivity index (χ3v) is 8.30. The lowest BCUT2D eigenvalue weighted by molar-refractivity contribution is -0.170. The first-order valence-electron chi connectivity index (χ1n) is 13.9. The Balaban J connectivity index is 1.54. The summed E-state index contributed by atoms with van der Waals surface area (Å²) in [4.78, 5) is 21.9. The van der Waals surface area contributed by atoms with Crippen molar-refractivity contribution in [2.24, 2.45) is 13.0 Å². The highest BCUT2D eigenvalue weighted by Crippen LogP contribution is 2.48. The number of hydrogen-bond donors (Lipinski definition) is 0. The molecular formula is C32H34ClN3O3. The predicted molar refractivity (Wildman–Crippen MR) is 154 cm³/mol. The SMILES string of the molecule is Cc1cc(-c2ccc3nc(Cl)nc(C(COC4CCCCO4)(CC4CC4)c4ccccc4)c3c2)cn(C)c1=O. The first-order valence-corrected chi connectivity index (χ1v) is 14.2. The third kappa shape index (κ3) is 5.38. The molecule has 2 fully saturated rings. The number of rotatable bonds is 8. The molecule has 7 heteroatoms. The number of hydrogen-bond acceptors (Lipinski definition) is 5. The molecule has 4 aromatic rings. The van der Waals surface area contributed by atoms with Crippen molar-refractivity contribution in [3.8, 4) is 11.1 Å². The van der Waals surface area contributed by atoms with Gasteiger partial charge in [0.1, 0.15) is 0 Å². The van der Waals surface area contributed by atoms with E-state index in [1.165, 1.54) is 12.8 Å². The standard InChI is InChI=1S/C32H34ClN3O3/c1-21-16-24(19-36(2)30(21)37)23-13-14-27-26(17-23)29(35-31(33)34-27)32(18-22-11-12-22,25-8-4-3-5-9-25)20-39-28-10-6-7-15-38-28/h3-5,8-9,13-14,16-17,19,22,28H,6-7,10-12,15,18,20H2,1-2H3.